The van der Waals surface area contributed by atoms with Crippen molar-refractivity contribution in [3.8, 4) is 0 Å². The van der Waals surface area contributed by atoms with E-state index >= 15 is 0 Å². The Morgan fingerprint density at radius 3 is 3.33 bits per heavy atom. The van der Waals surface area contributed by atoms with Crippen LogP contribution in [0.15, 0.2) is 12.4 Å². The Kier molecular flexibility index (Phi) is 2.98. The lowest BCUT2D eigenvalue weighted by Gasteiger charge is -2.31. The van der Waals surface area contributed by atoms with E-state index in [1.54, 1.807) is 11.1 Å². The Labute approximate surface area is 86.8 Å². The molecular formula is C9H13N3O3. The molecule has 6 heteroatoms. The first-order valence-corrected chi connectivity index (χ1v) is 4.82. The summed E-state index contributed by atoms with van der Waals surface area (Å²) in [4.78, 5) is 13.5. The van der Waals surface area contributed by atoms with Gasteiger partial charge in [0.2, 0.25) is 0 Å². The zero-order chi connectivity index (χ0) is 10.7. The Morgan fingerprint density at radius 1 is 1.80 bits per heavy atom. The standard InChI is InChI=1S/C9H13N3O3/c13-6-8-5-12(1-2-15-8)9(14)7-3-10-11-4-7/h3-4,8,13H,1-2,5-6H2,(H,10,11). The first-order chi connectivity index (χ1) is 7.31. The molecule has 1 aliphatic heterocycles. The van der Waals surface area contributed by atoms with Crippen LogP contribution in [0, 0.1) is 0 Å². The van der Waals surface area contributed by atoms with Crippen LogP contribution < -0.4 is 0 Å². The number of carbonyl (C=O) groups excluding carboxylic acids is 1. The minimum atomic E-state index is -0.269. The van der Waals surface area contributed by atoms with Crippen molar-refractivity contribution < 1.29 is 14.6 Å². The van der Waals surface area contributed by atoms with Crippen molar-refractivity contribution in [3.63, 3.8) is 0 Å². The number of nitrogens with one attached hydrogen (secondary N) is 1. The van der Waals surface area contributed by atoms with E-state index < -0.39 is 0 Å². The van der Waals surface area contributed by atoms with E-state index in [4.69, 9.17) is 9.84 Å². The zero-order valence-corrected chi connectivity index (χ0v) is 8.22. The summed E-state index contributed by atoms with van der Waals surface area (Å²) in [5.74, 6) is -0.0782. The van der Waals surface area contributed by atoms with Gasteiger partial charge in [-0.1, -0.05) is 0 Å². The number of morpholine rings is 1. The molecule has 2 N–H and O–H groups in total. The van der Waals surface area contributed by atoms with Gasteiger partial charge in [-0.15, -0.1) is 0 Å². The smallest absolute Gasteiger partial charge is 0.257 e. The average molecular weight is 211 g/mol. The molecule has 0 aliphatic carbocycles. The van der Waals surface area contributed by atoms with Crippen molar-refractivity contribution in [1.82, 2.24) is 15.1 Å². The first kappa shape index (κ1) is 10.1. The summed E-state index contributed by atoms with van der Waals surface area (Å²) in [5, 5.41) is 15.3. The number of ether oxygens (including phenoxy) is 1. The fourth-order valence-electron chi connectivity index (χ4n) is 1.56. The van der Waals surface area contributed by atoms with Crippen LogP contribution in [-0.2, 0) is 4.74 Å². The van der Waals surface area contributed by atoms with E-state index in [1.807, 2.05) is 0 Å². The number of aliphatic hydroxyl groups excluding tert-OH is 1. The van der Waals surface area contributed by atoms with E-state index in [0.717, 1.165) is 0 Å². The van der Waals surface area contributed by atoms with Crippen LogP contribution in [0.1, 0.15) is 10.4 Å². The highest BCUT2D eigenvalue weighted by Gasteiger charge is 2.24. The lowest BCUT2D eigenvalue weighted by molar-refractivity contribution is -0.0447. The largest absolute Gasteiger partial charge is 0.394 e. The second-order valence-electron chi connectivity index (χ2n) is 3.41. The van der Waals surface area contributed by atoms with Gasteiger partial charge in [0, 0.05) is 19.3 Å². The maximum absolute atomic E-state index is 11.9. The molecule has 1 aromatic heterocycles. The Bertz CT molecular complexity index is 325. The van der Waals surface area contributed by atoms with Crippen LogP contribution in [0.2, 0.25) is 0 Å². The molecule has 82 valence electrons. The van der Waals surface area contributed by atoms with Crippen LogP contribution in [0.5, 0.6) is 0 Å². The third-order valence-corrected chi connectivity index (χ3v) is 2.37. The molecule has 15 heavy (non-hydrogen) atoms. The van der Waals surface area contributed by atoms with Crippen LogP contribution >= 0.6 is 0 Å². The SMILES string of the molecule is O=C(c1cn[nH]c1)N1CCOC(CO)C1. The van der Waals surface area contributed by atoms with Gasteiger partial charge in [0.25, 0.3) is 5.91 Å². The second-order valence-corrected chi connectivity index (χ2v) is 3.41. The summed E-state index contributed by atoms with van der Waals surface area (Å²) in [5.41, 5.74) is 0.536. The van der Waals surface area contributed by atoms with Crippen molar-refractivity contribution in [2.75, 3.05) is 26.3 Å². The number of hydrogen-bond donors (Lipinski definition) is 2. The Balaban J connectivity index is 2.01. The normalized spacial score (nSPS) is 21.7. The van der Waals surface area contributed by atoms with E-state index in [1.165, 1.54) is 6.20 Å². The molecule has 1 amide bonds. The summed E-state index contributed by atoms with van der Waals surface area (Å²) in [7, 11) is 0. The number of rotatable bonds is 2. The van der Waals surface area contributed by atoms with Gasteiger partial charge in [0.05, 0.1) is 31.1 Å². The molecule has 0 radical (unpaired) electrons. The summed E-state index contributed by atoms with van der Waals surface area (Å²) >= 11 is 0. The van der Waals surface area contributed by atoms with Gasteiger partial charge >= 0.3 is 0 Å². The molecule has 6 nitrogen and oxygen atoms in total. The van der Waals surface area contributed by atoms with Gasteiger partial charge in [0.1, 0.15) is 0 Å². The van der Waals surface area contributed by atoms with Gasteiger partial charge in [-0.2, -0.15) is 5.10 Å². The highest BCUT2D eigenvalue weighted by Crippen LogP contribution is 2.09. The lowest BCUT2D eigenvalue weighted by atomic mass is 10.2. The minimum absolute atomic E-state index is 0.0604. The maximum Gasteiger partial charge on any atom is 0.257 e. The van der Waals surface area contributed by atoms with E-state index in [-0.39, 0.29) is 18.6 Å². The molecule has 0 spiro atoms. The summed E-state index contributed by atoms with van der Waals surface area (Å²) < 4.78 is 5.26. The highest BCUT2D eigenvalue weighted by atomic mass is 16.5. The first-order valence-electron chi connectivity index (χ1n) is 4.82. The molecule has 1 saturated heterocycles. The van der Waals surface area contributed by atoms with Crippen LogP contribution in [-0.4, -0.2) is 58.5 Å². The van der Waals surface area contributed by atoms with Crippen LogP contribution in [0.4, 0.5) is 0 Å². The lowest BCUT2D eigenvalue weighted by Crippen LogP contribution is -2.46. The predicted molar refractivity (Wildman–Crippen MR) is 51.3 cm³/mol. The molecule has 1 unspecified atom stereocenters. The Hall–Kier alpha value is -1.40. The number of aromatic amines is 1. The number of nitrogens with zero attached hydrogens (tertiary/aromatic N) is 2. The molecule has 1 aromatic rings. The number of H-pyrrole nitrogens is 1. The van der Waals surface area contributed by atoms with Crippen molar-refractivity contribution in [3.05, 3.63) is 18.0 Å². The number of aliphatic hydroxyl groups is 1. The highest BCUT2D eigenvalue weighted by molar-refractivity contribution is 5.93. The average Bonchev–Trinajstić information content (AvgIpc) is 2.81. The van der Waals surface area contributed by atoms with Gasteiger partial charge < -0.3 is 14.7 Å². The van der Waals surface area contributed by atoms with Gasteiger partial charge in [0.15, 0.2) is 0 Å². The Morgan fingerprint density at radius 2 is 2.67 bits per heavy atom. The fourth-order valence-corrected chi connectivity index (χ4v) is 1.56. The quantitative estimate of drug-likeness (QED) is 0.674. The summed E-state index contributed by atoms with van der Waals surface area (Å²) in [6.07, 6.45) is 2.78. The van der Waals surface area contributed by atoms with Crippen molar-refractivity contribution in [2.45, 2.75) is 6.10 Å². The third-order valence-electron chi connectivity index (χ3n) is 2.37. The molecule has 1 atom stereocenters. The van der Waals surface area contributed by atoms with Crippen LogP contribution in [0.3, 0.4) is 0 Å². The topological polar surface area (TPSA) is 78.5 Å². The fraction of sp³-hybridized carbons (Fsp3) is 0.556. The molecular weight excluding hydrogens is 198 g/mol. The van der Waals surface area contributed by atoms with Gasteiger partial charge in [-0.25, -0.2) is 0 Å². The molecule has 0 saturated carbocycles. The predicted octanol–water partition coefficient (Wildman–Crippen LogP) is -0.757. The van der Waals surface area contributed by atoms with E-state index in [2.05, 4.69) is 10.2 Å². The van der Waals surface area contributed by atoms with Crippen molar-refractivity contribution in [2.24, 2.45) is 0 Å². The molecule has 1 fully saturated rings. The molecule has 2 heterocycles. The van der Waals surface area contributed by atoms with Gasteiger partial charge in [-0.3, -0.25) is 9.89 Å². The van der Waals surface area contributed by atoms with Crippen molar-refractivity contribution in [1.29, 1.82) is 0 Å². The number of amides is 1. The minimum Gasteiger partial charge on any atom is -0.394 e. The summed E-state index contributed by atoms with van der Waals surface area (Å²) in [6, 6.07) is 0. The molecule has 0 aromatic carbocycles. The van der Waals surface area contributed by atoms with Crippen LogP contribution in [0.25, 0.3) is 0 Å². The molecule has 0 bridgehead atoms. The number of aromatic nitrogens is 2. The van der Waals surface area contributed by atoms with E-state index in [9.17, 15) is 4.79 Å². The second kappa shape index (κ2) is 4.41. The monoisotopic (exact) mass is 211 g/mol. The maximum atomic E-state index is 11.9. The molecule has 1 aliphatic rings. The molecule has 2 rings (SSSR count). The van der Waals surface area contributed by atoms with Crippen molar-refractivity contribution >= 4 is 5.91 Å². The number of carbonyl (C=O) groups is 1. The third kappa shape index (κ3) is 2.16. The zero-order valence-electron chi connectivity index (χ0n) is 8.22. The number of hydrogen-bond acceptors (Lipinski definition) is 4. The van der Waals surface area contributed by atoms with E-state index in [0.29, 0.717) is 25.3 Å². The van der Waals surface area contributed by atoms with Gasteiger partial charge in [-0.05, 0) is 0 Å². The summed E-state index contributed by atoms with van der Waals surface area (Å²) in [6.45, 7) is 1.39.